The predicted octanol–water partition coefficient (Wildman–Crippen LogP) is 3.10. The van der Waals surface area contributed by atoms with E-state index in [0.29, 0.717) is 47.7 Å². The molecule has 1 aliphatic carbocycles. The van der Waals surface area contributed by atoms with Crippen LogP contribution in [0.2, 0.25) is 0 Å². The van der Waals surface area contributed by atoms with E-state index in [1.165, 1.54) is 13.2 Å². The van der Waals surface area contributed by atoms with E-state index in [1.54, 1.807) is 30.3 Å². The maximum Gasteiger partial charge on any atom is 0.255 e. The van der Waals surface area contributed by atoms with Crippen molar-refractivity contribution in [2.24, 2.45) is 5.41 Å². The maximum absolute atomic E-state index is 13.2. The Labute approximate surface area is 216 Å². The van der Waals surface area contributed by atoms with E-state index in [9.17, 15) is 9.59 Å². The van der Waals surface area contributed by atoms with Crippen LogP contribution in [0, 0.1) is 5.41 Å². The van der Waals surface area contributed by atoms with Gasteiger partial charge < -0.3 is 35.4 Å². The first-order chi connectivity index (χ1) is 17.7. The number of carbonyl (C=O) groups excluding carboxylic acids is 2. The van der Waals surface area contributed by atoms with Crippen LogP contribution in [0.25, 0.3) is 0 Å². The van der Waals surface area contributed by atoms with Gasteiger partial charge in [-0.3, -0.25) is 9.59 Å². The highest BCUT2D eigenvalue weighted by Gasteiger charge is 2.41. The molecule has 0 unspecified atom stereocenters. The first-order valence-electron chi connectivity index (χ1n) is 12.3. The first-order valence-corrected chi connectivity index (χ1v) is 12.3. The molecule has 4 rings (SSSR count). The van der Waals surface area contributed by atoms with Crippen molar-refractivity contribution in [2.75, 3.05) is 42.4 Å². The van der Waals surface area contributed by atoms with Crippen molar-refractivity contribution in [3.05, 3.63) is 41.9 Å². The molecule has 0 radical (unpaired) electrons. The zero-order valence-corrected chi connectivity index (χ0v) is 21.6. The number of fused-ring (bicyclic) bond motifs is 1. The van der Waals surface area contributed by atoms with E-state index in [1.807, 2.05) is 13.8 Å². The monoisotopic (exact) mass is 510 g/mol. The second-order valence-electron chi connectivity index (χ2n) is 10.0. The fourth-order valence-corrected chi connectivity index (χ4v) is 4.91. The molecule has 11 heteroatoms. The highest BCUT2D eigenvalue weighted by molar-refractivity contribution is 6.01. The molecule has 37 heavy (non-hydrogen) atoms. The highest BCUT2D eigenvalue weighted by atomic mass is 16.5. The van der Waals surface area contributed by atoms with E-state index in [0.717, 1.165) is 25.7 Å². The zero-order chi connectivity index (χ0) is 26.7. The molecule has 1 saturated carbocycles. The third kappa shape index (κ3) is 5.31. The molecule has 1 aromatic heterocycles. The Morgan fingerprint density at radius 1 is 1.30 bits per heavy atom. The minimum absolute atomic E-state index is 0.0227. The Morgan fingerprint density at radius 2 is 2.03 bits per heavy atom. The second kappa shape index (κ2) is 10.6. The van der Waals surface area contributed by atoms with Gasteiger partial charge in [0.05, 0.1) is 36.7 Å². The SMILES string of the molecule is COc1cc(C(=O)N/C(=C/O)CO)ccc1Nc1ncc2c(n1)N(C1CCCC1)CC(C)(C)C(=O)N2C. The summed E-state index contributed by atoms with van der Waals surface area (Å²) < 4.78 is 5.48. The number of aliphatic hydroxyl groups is 2. The summed E-state index contributed by atoms with van der Waals surface area (Å²) in [6.07, 6.45) is 6.73. The van der Waals surface area contributed by atoms with Crippen LogP contribution in [0.5, 0.6) is 5.75 Å². The predicted molar refractivity (Wildman–Crippen MR) is 140 cm³/mol. The van der Waals surface area contributed by atoms with Crippen LogP contribution in [0.3, 0.4) is 0 Å². The first kappa shape index (κ1) is 26.2. The smallest absolute Gasteiger partial charge is 0.255 e. The number of amides is 2. The van der Waals surface area contributed by atoms with E-state index in [4.69, 9.17) is 19.9 Å². The zero-order valence-electron chi connectivity index (χ0n) is 21.6. The molecule has 0 bridgehead atoms. The van der Waals surface area contributed by atoms with Gasteiger partial charge in [-0.25, -0.2) is 4.98 Å². The lowest BCUT2D eigenvalue weighted by molar-refractivity contribution is -0.125. The van der Waals surface area contributed by atoms with Crippen LogP contribution < -0.4 is 25.2 Å². The van der Waals surface area contributed by atoms with Crippen molar-refractivity contribution < 1.29 is 24.5 Å². The molecular weight excluding hydrogens is 476 g/mol. The van der Waals surface area contributed by atoms with Gasteiger partial charge >= 0.3 is 0 Å². The van der Waals surface area contributed by atoms with Gasteiger partial charge in [-0.2, -0.15) is 4.98 Å². The third-order valence-corrected chi connectivity index (χ3v) is 6.91. The fourth-order valence-electron chi connectivity index (χ4n) is 4.91. The van der Waals surface area contributed by atoms with Gasteiger partial charge in [-0.15, -0.1) is 0 Å². The number of methoxy groups -OCH3 is 1. The molecule has 2 aromatic rings. The van der Waals surface area contributed by atoms with Crippen molar-refractivity contribution in [1.82, 2.24) is 15.3 Å². The quantitative estimate of drug-likeness (QED) is 0.414. The van der Waals surface area contributed by atoms with Gasteiger partial charge in [-0.05, 0) is 44.9 Å². The average Bonchev–Trinajstić information content (AvgIpc) is 3.42. The van der Waals surface area contributed by atoms with Crippen LogP contribution in [0.4, 0.5) is 23.1 Å². The highest BCUT2D eigenvalue weighted by Crippen LogP contribution is 2.40. The standard InChI is InChI=1S/C26H34N6O5/c1-26(2)15-32(18-7-5-6-8-18)22-20(31(3)24(26)36)12-27-25(30-22)29-19-10-9-16(11-21(19)37-4)23(35)28-17(13-33)14-34/h9-13,18,33-34H,5-8,14-15H2,1-4H3,(H,28,35)(H,27,29,30)/b17-13+. The molecule has 2 aliphatic rings. The number of hydrogen-bond acceptors (Lipinski definition) is 9. The molecule has 2 amide bonds. The van der Waals surface area contributed by atoms with Gasteiger partial charge in [0.2, 0.25) is 11.9 Å². The minimum Gasteiger partial charge on any atom is -0.514 e. The van der Waals surface area contributed by atoms with E-state index in [2.05, 4.69) is 20.5 Å². The van der Waals surface area contributed by atoms with Crippen LogP contribution in [-0.2, 0) is 4.79 Å². The number of benzene rings is 1. The van der Waals surface area contributed by atoms with Gasteiger partial charge in [0, 0.05) is 25.2 Å². The van der Waals surface area contributed by atoms with Crippen LogP contribution in [0.15, 0.2) is 36.4 Å². The molecule has 0 atom stereocenters. The Bertz CT molecular complexity index is 1210. The lowest BCUT2D eigenvalue weighted by atomic mass is 9.91. The summed E-state index contributed by atoms with van der Waals surface area (Å²) in [4.78, 5) is 38.9. The van der Waals surface area contributed by atoms with Gasteiger partial charge in [-0.1, -0.05) is 12.8 Å². The molecule has 0 spiro atoms. The van der Waals surface area contributed by atoms with Crippen LogP contribution >= 0.6 is 0 Å². The van der Waals surface area contributed by atoms with Gasteiger partial charge in [0.1, 0.15) is 17.7 Å². The lowest BCUT2D eigenvalue weighted by Gasteiger charge is -2.34. The molecule has 1 aromatic carbocycles. The molecule has 11 nitrogen and oxygen atoms in total. The Morgan fingerprint density at radius 3 is 2.68 bits per heavy atom. The number of aliphatic hydroxyl groups excluding tert-OH is 2. The summed E-state index contributed by atoms with van der Waals surface area (Å²) in [6.45, 7) is 3.99. The van der Waals surface area contributed by atoms with E-state index >= 15 is 0 Å². The number of nitrogens with one attached hydrogen (secondary N) is 2. The molecule has 1 fully saturated rings. The van der Waals surface area contributed by atoms with E-state index < -0.39 is 17.9 Å². The minimum atomic E-state index is -0.577. The summed E-state index contributed by atoms with van der Waals surface area (Å²) in [6, 6.07) is 5.09. The largest absolute Gasteiger partial charge is 0.514 e. The molecule has 2 heterocycles. The van der Waals surface area contributed by atoms with Crippen molar-refractivity contribution >= 4 is 35.0 Å². The molecular formula is C26H34N6O5. The number of anilines is 4. The van der Waals surface area contributed by atoms with Crippen LogP contribution in [-0.4, -0.2) is 65.3 Å². The van der Waals surface area contributed by atoms with Crippen molar-refractivity contribution in [3.8, 4) is 5.75 Å². The summed E-state index contributed by atoms with van der Waals surface area (Å²) in [5, 5.41) is 23.8. The Balaban J connectivity index is 1.66. The van der Waals surface area contributed by atoms with Crippen molar-refractivity contribution in [1.29, 1.82) is 0 Å². The van der Waals surface area contributed by atoms with E-state index in [-0.39, 0.29) is 17.2 Å². The number of nitrogens with zero attached hydrogens (tertiary/aromatic N) is 4. The summed E-state index contributed by atoms with van der Waals surface area (Å²) in [7, 11) is 3.25. The number of rotatable bonds is 7. The third-order valence-electron chi connectivity index (χ3n) is 6.91. The molecule has 0 saturated heterocycles. The average molecular weight is 511 g/mol. The lowest BCUT2D eigenvalue weighted by Crippen LogP contribution is -2.45. The Hall–Kier alpha value is -3.86. The fraction of sp³-hybridized carbons (Fsp3) is 0.462. The van der Waals surface area contributed by atoms with Crippen molar-refractivity contribution in [2.45, 2.75) is 45.6 Å². The number of carbonyl (C=O) groups is 2. The summed E-state index contributed by atoms with van der Waals surface area (Å²) in [5.41, 5.74) is 0.885. The molecule has 1 aliphatic heterocycles. The number of aromatic nitrogens is 2. The summed E-state index contributed by atoms with van der Waals surface area (Å²) in [5.74, 6) is 0.944. The normalized spacial score (nSPS) is 17.9. The summed E-state index contributed by atoms with van der Waals surface area (Å²) >= 11 is 0. The Kier molecular flexibility index (Phi) is 7.53. The number of hydrogen-bond donors (Lipinski definition) is 4. The molecule has 4 N–H and O–H groups in total. The van der Waals surface area contributed by atoms with Crippen LogP contribution in [0.1, 0.15) is 49.9 Å². The maximum atomic E-state index is 13.2. The molecule has 198 valence electrons. The second-order valence-corrected chi connectivity index (χ2v) is 10.0. The van der Waals surface area contributed by atoms with Gasteiger partial charge in [0.25, 0.3) is 5.91 Å². The number of ether oxygens (including phenoxy) is 1. The van der Waals surface area contributed by atoms with Crippen molar-refractivity contribution in [3.63, 3.8) is 0 Å². The topological polar surface area (TPSA) is 140 Å². The van der Waals surface area contributed by atoms with Gasteiger partial charge in [0.15, 0.2) is 5.82 Å².